The highest BCUT2D eigenvalue weighted by atomic mass is 35.5. The Morgan fingerprint density at radius 3 is 2.54 bits per heavy atom. The maximum atomic E-state index is 13.1. The van der Waals surface area contributed by atoms with Crippen LogP contribution in [0, 0.1) is 0 Å². The summed E-state index contributed by atoms with van der Waals surface area (Å²) in [6, 6.07) is 10.7. The summed E-state index contributed by atoms with van der Waals surface area (Å²) in [5.74, 6) is 0. The molecule has 1 aromatic carbocycles. The first-order valence-corrected chi connectivity index (χ1v) is 9.75. The highest BCUT2D eigenvalue weighted by molar-refractivity contribution is 7.90. The second-order valence-corrected chi connectivity index (χ2v) is 9.40. The zero-order chi connectivity index (χ0) is 19.1. The van der Waals surface area contributed by atoms with Crippen molar-refractivity contribution in [2.75, 3.05) is 0 Å². The molecule has 138 valence electrons. The van der Waals surface area contributed by atoms with Crippen molar-refractivity contribution in [1.29, 1.82) is 0 Å². The average molecular weight is 393 g/mol. The molecule has 8 heteroatoms. The molecule has 0 bridgehead atoms. The fourth-order valence-corrected chi connectivity index (χ4v) is 3.60. The van der Waals surface area contributed by atoms with Crippen LogP contribution in [0.2, 0.25) is 5.15 Å². The third kappa shape index (κ3) is 3.53. The summed E-state index contributed by atoms with van der Waals surface area (Å²) in [5, 5.41) is 0.250. The largest absolute Gasteiger partial charge is 0.598 e. The number of hydrogen-bond acceptors (Lipinski definition) is 4. The first-order chi connectivity index (χ1) is 12.2. The van der Waals surface area contributed by atoms with E-state index in [-0.39, 0.29) is 16.9 Å². The SMILES string of the molecule is CC(N[S+]([O-])C(C)(C)C)c1cc2ncc(Cl)n2c(=O)n1-c1ccccc1. The Morgan fingerprint density at radius 2 is 1.92 bits per heavy atom. The molecule has 0 spiro atoms. The molecule has 0 saturated heterocycles. The van der Waals surface area contributed by atoms with Gasteiger partial charge < -0.3 is 4.55 Å². The van der Waals surface area contributed by atoms with Crippen molar-refractivity contribution < 1.29 is 4.55 Å². The first kappa shape index (κ1) is 19.0. The van der Waals surface area contributed by atoms with E-state index in [1.807, 2.05) is 58.0 Å². The number of imidazole rings is 1. The van der Waals surface area contributed by atoms with E-state index in [1.165, 1.54) is 10.6 Å². The lowest BCUT2D eigenvalue weighted by Crippen LogP contribution is -2.42. The van der Waals surface area contributed by atoms with Gasteiger partial charge in [0, 0.05) is 17.4 Å². The Bertz CT molecular complexity index is 979. The molecular weight excluding hydrogens is 372 g/mol. The summed E-state index contributed by atoms with van der Waals surface area (Å²) < 4.78 is 18.1. The Balaban J connectivity index is 2.19. The minimum absolute atomic E-state index is 0.250. The Kier molecular flexibility index (Phi) is 5.16. The maximum Gasteiger partial charge on any atom is 0.339 e. The highest BCUT2D eigenvalue weighted by Crippen LogP contribution is 2.23. The van der Waals surface area contributed by atoms with Gasteiger partial charge in [0.15, 0.2) is 0 Å². The third-order valence-corrected chi connectivity index (χ3v) is 5.91. The maximum absolute atomic E-state index is 13.1. The fourth-order valence-electron chi connectivity index (χ4n) is 2.60. The highest BCUT2D eigenvalue weighted by Gasteiger charge is 2.30. The van der Waals surface area contributed by atoms with Crippen LogP contribution in [0.15, 0.2) is 47.4 Å². The van der Waals surface area contributed by atoms with E-state index < -0.39 is 16.1 Å². The van der Waals surface area contributed by atoms with Crippen molar-refractivity contribution in [3.8, 4) is 5.69 Å². The Hall–Kier alpha value is -1.80. The number of nitrogens with one attached hydrogen (secondary N) is 1. The number of fused-ring (bicyclic) bond motifs is 1. The molecule has 1 N–H and O–H groups in total. The molecule has 26 heavy (non-hydrogen) atoms. The number of aromatic nitrogens is 3. The normalized spacial score (nSPS) is 14.5. The lowest BCUT2D eigenvalue weighted by Gasteiger charge is -2.27. The molecule has 0 amide bonds. The van der Waals surface area contributed by atoms with Crippen molar-refractivity contribution in [3.05, 3.63) is 63.9 Å². The average Bonchev–Trinajstić information content (AvgIpc) is 2.96. The van der Waals surface area contributed by atoms with Crippen LogP contribution in [0.25, 0.3) is 11.3 Å². The predicted octanol–water partition coefficient (Wildman–Crippen LogP) is 3.25. The lowest BCUT2D eigenvalue weighted by atomic mass is 10.2. The molecular formula is C18H21ClN4O2S. The van der Waals surface area contributed by atoms with Crippen LogP contribution < -0.4 is 10.4 Å². The van der Waals surface area contributed by atoms with Gasteiger partial charge in [-0.05, 0) is 39.8 Å². The van der Waals surface area contributed by atoms with Crippen LogP contribution in [0.4, 0.5) is 0 Å². The number of nitrogens with zero attached hydrogens (tertiary/aromatic N) is 3. The molecule has 3 rings (SSSR count). The molecule has 2 heterocycles. The van der Waals surface area contributed by atoms with Gasteiger partial charge in [0.25, 0.3) is 0 Å². The summed E-state index contributed by atoms with van der Waals surface area (Å²) in [4.78, 5) is 17.3. The molecule has 0 aliphatic heterocycles. The van der Waals surface area contributed by atoms with Crippen LogP contribution in [0.3, 0.4) is 0 Å². The van der Waals surface area contributed by atoms with Crippen LogP contribution in [0.1, 0.15) is 39.4 Å². The van der Waals surface area contributed by atoms with Gasteiger partial charge >= 0.3 is 5.69 Å². The van der Waals surface area contributed by atoms with Crippen LogP contribution >= 0.6 is 11.6 Å². The minimum Gasteiger partial charge on any atom is -0.598 e. The van der Waals surface area contributed by atoms with Crippen molar-refractivity contribution in [3.63, 3.8) is 0 Å². The van der Waals surface area contributed by atoms with Gasteiger partial charge in [0.05, 0.1) is 23.6 Å². The molecule has 2 aromatic heterocycles. The zero-order valence-corrected chi connectivity index (χ0v) is 16.6. The quantitative estimate of drug-likeness (QED) is 0.691. The minimum atomic E-state index is -1.29. The van der Waals surface area contributed by atoms with Gasteiger partial charge in [-0.1, -0.05) is 29.8 Å². The standard InChI is InChI=1S/C18H21ClN4O2S/c1-12(21-26(25)18(2,3)4)14-10-16-20-11-15(19)23(16)17(24)22(14)13-8-6-5-7-9-13/h5-12,21H,1-4H3. The molecule has 6 nitrogen and oxygen atoms in total. The number of benzene rings is 1. The smallest absolute Gasteiger partial charge is 0.339 e. The van der Waals surface area contributed by atoms with Crippen molar-refractivity contribution in [2.45, 2.75) is 38.5 Å². The third-order valence-electron chi connectivity index (χ3n) is 3.96. The van der Waals surface area contributed by atoms with Gasteiger partial charge in [-0.3, -0.25) is 4.57 Å². The molecule has 3 aromatic rings. The van der Waals surface area contributed by atoms with E-state index in [2.05, 4.69) is 9.71 Å². The number of rotatable bonds is 4. The van der Waals surface area contributed by atoms with Crippen LogP contribution in [-0.4, -0.2) is 23.3 Å². The van der Waals surface area contributed by atoms with Crippen molar-refractivity contribution in [1.82, 2.24) is 18.7 Å². The first-order valence-electron chi connectivity index (χ1n) is 8.22. The predicted molar refractivity (Wildman–Crippen MR) is 105 cm³/mol. The number of hydrogen-bond donors (Lipinski definition) is 1. The summed E-state index contributed by atoms with van der Waals surface area (Å²) >= 11 is 4.85. The summed E-state index contributed by atoms with van der Waals surface area (Å²) in [6.45, 7) is 7.55. The van der Waals surface area contributed by atoms with Crippen molar-refractivity contribution >= 4 is 28.6 Å². The molecule has 2 unspecified atom stereocenters. The molecule has 0 radical (unpaired) electrons. The van der Waals surface area contributed by atoms with E-state index in [1.54, 1.807) is 10.6 Å². The van der Waals surface area contributed by atoms with Crippen LogP contribution in [0.5, 0.6) is 0 Å². The lowest BCUT2D eigenvalue weighted by molar-refractivity contribution is 0.525. The van der Waals surface area contributed by atoms with E-state index >= 15 is 0 Å². The van der Waals surface area contributed by atoms with Gasteiger partial charge in [0.2, 0.25) is 0 Å². The second-order valence-electron chi connectivity index (χ2n) is 7.02. The molecule has 0 saturated carbocycles. The summed E-state index contributed by atoms with van der Waals surface area (Å²) in [5.41, 5.74) is 1.50. The van der Waals surface area contributed by atoms with Crippen molar-refractivity contribution in [2.24, 2.45) is 0 Å². The monoisotopic (exact) mass is 392 g/mol. The van der Waals surface area contributed by atoms with Gasteiger partial charge in [-0.15, -0.1) is 4.72 Å². The summed E-state index contributed by atoms with van der Waals surface area (Å²) in [6.07, 6.45) is 1.45. The number of para-hydroxylation sites is 1. The van der Waals surface area contributed by atoms with E-state index in [0.29, 0.717) is 17.0 Å². The Morgan fingerprint density at radius 1 is 1.27 bits per heavy atom. The Labute approximate surface area is 160 Å². The van der Waals surface area contributed by atoms with E-state index in [9.17, 15) is 9.35 Å². The van der Waals surface area contributed by atoms with Gasteiger partial charge in [-0.25, -0.2) is 14.2 Å². The molecule has 2 atom stereocenters. The molecule has 0 aliphatic carbocycles. The molecule has 0 aliphatic rings. The number of halogens is 1. The topological polar surface area (TPSA) is 74.4 Å². The van der Waals surface area contributed by atoms with Gasteiger partial charge in [0.1, 0.15) is 15.5 Å². The van der Waals surface area contributed by atoms with E-state index in [0.717, 1.165) is 0 Å². The van der Waals surface area contributed by atoms with Crippen LogP contribution in [-0.2, 0) is 11.4 Å². The van der Waals surface area contributed by atoms with E-state index in [4.69, 9.17) is 11.6 Å². The molecule has 0 fully saturated rings. The zero-order valence-electron chi connectivity index (χ0n) is 15.1. The van der Waals surface area contributed by atoms with Gasteiger partial charge in [-0.2, -0.15) is 0 Å². The second kappa shape index (κ2) is 7.08. The fraction of sp³-hybridized carbons (Fsp3) is 0.333. The summed E-state index contributed by atoms with van der Waals surface area (Å²) in [7, 11) is 0.